The average molecular weight is 341 g/mol. The zero-order chi connectivity index (χ0) is 17.8. The number of para-hydroxylation sites is 2. The van der Waals surface area contributed by atoms with Crippen LogP contribution in [0.15, 0.2) is 78.9 Å². The molecule has 0 saturated carbocycles. The lowest BCUT2D eigenvalue weighted by Gasteiger charge is -2.10. The Labute approximate surface area is 154 Å². The fourth-order valence-electron chi connectivity index (χ4n) is 3.41. The largest absolute Gasteiger partial charge is 0.399 e. The van der Waals surface area contributed by atoms with E-state index in [0.717, 1.165) is 42.8 Å². The standard InChI is InChI=1S/C23H23N3/c24-20-14-12-19(13-15-20)17-23-25-21-10-4-5-11-22(21)26(23)16-6-9-18-7-2-1-3-8-18/h1-5,7-8,10-15H,6,9,16-17,24H2. The highest BCUT2D eigenvalue weighted by molar-refractivity contribution is 5.76. The molecule has 4 aromatic rings. The third-order valence-corrected chi connectivity index (χ3v) is 4.77. The first kappa shape index (κ1) is 16.4. The molecular formula is C23H23N3. The summed E-state index contributed by atoms with van der Waals surface area (Å²) in [5.74, 6) is 1.11. The normalized spacial score (nSPS) is 11.1. The molecule has 0 atom stereocenters. The van der Waals surface area contributed by atoms with E-state index >= 15 is 0 Å². The number of hydrogen-bond donors (Lipinski definition) is 1. The number of fused-ring (bicyclic) bond motifs is 1. The van der Waals surface area contributed by atoms with Gasteiger partial charge in [0.1, 0.15) is 5.82 Å². The summed E-state index contributed by atoms with van der Waals surface area (Å²) in [6.45, 7) is 0.972. The number of nitrogen functional groups attached to an aromatic ring is 1. The smallest absolute Gasteiger partial charge is 0.114 e. The maximum atomic E-state index is 5.81. The van der Waals surface area contributed by atoms with Crippen molar-refractivity contribution < 1.29 is 0 Å². The van der Waals surface area contributed by atoms with E-state index in [1.165, 1.54) is 16.6 Å². The molecule has 3 aromatic carbocycles. The molecule has 0 bridgehead atoms. The summed E-state index contributed by atoms with van der Waals surface area (Å²) < 4.78 is 2.37. The van der Waals surface area contributed by atoms with Crippen LogP contribution in [0.3, 0.4) is 0 Å². The molecule has 3 heteroatoms. The Hall–Kier alpha value is -3.07. The van der Waals surface area contributed by atoms with E-state index in [4.69, 9.17) is 10.7 Å². The first-order valence-corrected chi connectivity index (χ1v) is 9.12. The Balaban J connectivity index is 1.58. The van der Waals surface area contributed by atoms with Crippen LogP contribution in [0.4, 0.5) is 5.69 Å². The Morgan fingerprint density at radius 3 is 2.31 bits per heavy atom. The molecule has 0 aliphatic heterocycles. The number of rotatable bonds is 6. The highest BCUT2D eigenvalue weighted by atomic mass is 15.1. The number of hydrogen-bond acceptors (Lipinski definition) is 2. The predicted octanol–water partition coefficient (Wildman–Crippen LogP) is 4.84. The van der Waals surface area contributed by atoms with Gasteiger partial charge in [0.05, 0.1) is 11.0 Å². The molecule has 1 heterocycles. The van der Waals surface area contributed by atoms with Gasteiger partial charge in [-0.15, -0.1) is 0 Å². The van der Waals surface area contributed by atoms with Gasteiger partial charge < -0.3 is 10.3 Å². The third-order valence-electron chi connectivity index (χ3n) is 4.77. The molecule has 4 rings (SSSR count). The van der Waals surface area contributed by atoms with Crippen molar-refractivity contribution in [1.82, 2.24) is 9.55 Å². The molecule has 130 valence electrons. The second kappa shape index (κ2) is 7.44. The molecule has 0 spiro atoms. The van der Waals surface area contributed by atoms with Crippen LogP contribution in [0, 0.1) is 0 Å². The van der Waals surface area contributed by atoms with Crippen LogP contribution in [0.25, 0.3) is 11.0 Å². The lowest BCUT2D eigenvalue weighted by Crippen LogP contribution is -2.06. The molecule has 0 aliphatic rings. The summed E-state index contributed by atoms with van der Waals surface area (Å²) in [6.07, 6.45) is 2.99. The number of aromatic nitrogens is 2. The summed E-state index contributed by atoms with van der Waals surface area (Å²) in [7, 11) is 0. The molecule has 1 aromatic heterocycles. The van der Waals surface area contributed by atoms with Crippen LogP contribution in [-0.2, 0) is 19.4 Å². The van der Waals surface area contributed by atoms with Crippen molar-refractivity contribution in [3.63, 3.8) is 0 Å². The SMILES string of the molecule is Nc1ccc(Cc2nc3ccccc3n2CCCc2ccccc2)cc1. The van der Waals surface area contributed by atoms with Gasteiger partial charge in [0.2, 0.25) is 0 Å². The fraction of sp³-hybridized carbons (Fsp3) is 0.174. The van der Waals surface area contributed by atoms with Gasteiger partial charge in [-0.1, -0.05) is 54.6 Å². The molecule has 0 radical (unpaired) electrons. The molecule has 0 fully saturated rings. The van der Waals surface area contributed by atoms with Crippen molar-refractivity contribution in [2.45, 2.75) is 25.8 Å². The highest BCUT2D eigenvalue weighted by Gasteiger charge is 2.11. The number of nitrogens with zero attached hydrogens (tertiary/aromatic N) is 2. The van der Waals surface area contributed by atoms with Crippen LogP contribution < -0.4 is 5.73 Å². The third kappa shape index (κ3) is 3.62. The minimum absolute atomic E-state index is 0.796. The molecule has 0 unspecified atom stereocenters. The van der Waals surface area contributed by atoms with Crippen molar-refractivity contribution in [2.24, 2.45) is 0 Å². The highest BCUT2D eigenvalue weighted by Crippen LogP contribution is 2.20. The van der Waals surface area contributed by atoms with E-state index in [-0.39, 0.29) is 0 Å². The Morgan fingerprint density at radius 1 is 0.769 bits per heavy atom. The van der Waals surface area contributed by atoms with Crippen molar-refractivity contribution in [2.75, 3.05) is 5.73 Å². The second-order valence-corrected chi connectivity index (χ2v) is 6.68. The zero-order valence-corrected chi connectivity index (χ0v) is 14.8. The van der Waals surface area contributed by atoms with Gasteiger partial charge in [-0.05, 0) is 48.2 Å². The Morgan fingerprint density at radius 2 is 1.50 bits per heavy atom. The number of imidazole rings is 1. The minimum atomic E-state index is 0.796. The summed E-state index contributed by atoms with van der Waals surface area (Å²) >= 11 is 0. The van der Waals surface area contributed by atoms with E-state index in [2.05, 4.69) is 71.3 Å². The second-order valence-electron chi connectivity index (χ2n) is 6.68. The van der Waals surface area contributed by atoms with Crippen LogP contribution >= 0.6 is 0 Å². The molecule has 0 aliphatic carbocycles. The molecular weight excluding hydrogens is 318 g/mol. The molecule has 2 N–H and O–H groups in total. The van der Waals surface area contributed by atoms with Crippen LogP contribution in [0.1, 0.15) is 23.4 Å². The number of nitrogens with two attached hydrogens (primary N) is 1. The topological polar surface area (TPSA) is 43.8 Å². The summed E-state index contributed by atoms with van der Waals surface area (Å²) in [5, 5.41) is 0. The Kier molecular flexibility index (Phi) is 4.69. The number of aryl methyl sites for hydroxylation is 2. The van der Waals surface area contributed by atoms with Gasteiger partial charge >= 0.3 is 0 Å². The van der Waals surface area contributed by atoms with Gasteiger partial charge in [0, 0.05) is 18.7 Å². The van der Waals surface area contributed by atoms with Crippen molar-refractivity contribution in [3.05, 3.63) is 95.8 Å². The Bertz CT molecular complexity index is 985. The number of anilines is 1. The van der Waals surface area contributed by atoms with E-state index in [1.807, 2.05) is 12.1 Å². The molecule has 0 saturated heterocycles. The van der Waals surface area contributed by atoms with Gasteiger partial charge in [0.25, 0.3) is 0 Å². The first-order valence-electron chi connectivity index (χ1n) is 9.12. The van der Waals surface area contributed by atoms with E-state index in [0.29, 0.717) is 0 Å². The summed E-state index contributed by atoms with van der Waals surface area (Å²) in [4.78, 5) is 4.89. The van der Waals surface area contributed by atoms with Crippen molar-refractivity contribution in [1.29, 1.82) is 0 Å². The molecule has 26 heavy (non-hydrogen) atoms. The van der Waals surface area contributed by atoms with Crippen LogP contribution in [-0.4, -0.2) is 9.55 Å². The van der Waals surface area contributed by atoms with E-state index in [9.17, 15) is 0 Å². The monoisotopic (exact) mass is 341 g/mol. The van der Waals surface area contributed by atoms with Gasteiger partial charge in [-0.3, -0.25) is 0 Å². The van der Waals surface area contributed by atoms with E-state index < -0.39 is 0 Å². The summed E-state index contributed by atoms with van der Waals surface area (Å²) in [6, 6.07) is 27.2. The number of benzene rings is 3. The molecule has 3 nitrogen and oxygen atoms in total. The minimum Gasteiger partial charge on any atom is -0.399 e. The van der Waals surface area contributed by atoms with Gasteiger partial charge in [-0.25, -0.2) is 4.98 Å². The lowest BCUT2D eigenvalue weighted by atomic mass is 10.1. The summed E-state index contributed by atoms with van der Waals surface area (Å²) in [5.41, 5.74) is 11.5. The van der Waals surface area contributed by atoms with Gasteiger partial charge in [-0.2, -0.15) is 0 Å². The van der Waals surface area contributed by atoms with Gasteiger partial charge in [0.15, 0.2) is 0 Å². The average Bonchev–Trinajstić information content (AvgIpc) is 3.02. The maximum absolute atomic E-state index is 5.81. The quantitative estimate of drug-likeness (QED) is 0.510. The van der Waals surface area contributed by atoms with E-state index in [1.54, 1.807) is 0 Å². The predicted molar refractivity (Wildman–Crippen MR) is 108 cm³/mol. The van der Waals surface area contributed by atoms with Crippen LogP contribution in [0.2, 0.25) is 0 Å². The van der Waals surface area contributed by atoms with Crippen molar-refractivity contribution in [3.8, 4) is 0 Å². The first-order chi connectivity index (χ1) is 12.8. The molecule has 0 amide bonds. The van der Waals surface area contributed by atoms with Crippen molar-refractivity contribution >= 4 is 16.7 Å². The maximum Gasteiger partial charge on any atom is 0.114 e. The zero-order valence-electron chi connectivity index (χ0n) is 14.8. The fourth-order valence-corrected chi connectivity index (χ4v) is 3.41. The lowest BCUT2D eigenvalue weighted by molar-refractivity contribution is 0.632. The van der Waals surface area contributed by atoms with Crippen LogP contribution in [0.5, 0.6) is 0 Å².